The highest BCUT2D eigenvalue weighted by molar-refractivity contribution is 6.31. The highest BCUT2D eigenvalue weighted by atomic mass is 35.5. The highest BCUT2D eigenvalue weighted by Gasteiger charge is 2.17. The quantitative estimate of drug-likeness (QED) is 0.873. The number of hydrogen-bond donors (Lipinski definition) is 0. The van der Waals surface area contributed by atoms with E-state index in [1.165, 1.54) is 17.0 Å². The largest absolute Gasteiger partial charge is 0.336 e. The molecule has 0 bridgehead atoms. The molecule has 106 valence electrons. The Morgan fingerprint density at radius 3 is 2.70 bits per heavy atom. The molecule has 0 saturated heterocycles. The summed E-state index contributed by atoms with van der Waals surface area (Å²) in [6.45, 7) is 2.13. The maximum atomic E-state index is 13.0. The molecule has 6 heteroatoms. The van der Waals surface area contributed by atoms with E-state index in [9.17, 15) is 9.18 Å². The number of carbonyl (C=O) groups is 1. The maximum absolute atomic E-state index is 13.0. The lowest BCUT2D eigenvalue weighted by molar-refractivity contribution is 0.0774. The first-order valence-corrected chi connectivity index (χ1v) is 6.46. The fourth-order valence-electron chi connectivity index (χ4n) is 1.98. The van der Waals surface area contributed by atoms with Gasteiger partial charge in [0.15, 0.2) is 0 Å². The van der Waals surface area contributed by atoms with Gasteiger partial charge in [-0.2, -0.15) is 5.10 Å². The molecule has 0 spiro atoms. The van der Waals surface area contributed by atoms with Crippen molar-refractivity contribution >= 4 is 17.5 Å². The molecule has 2 aromatic rings. The van der Waals surface area contributed by atoms with Gasteiger partial charge in [0.25, 0.3) is 5.91 Å². The molecule has 4 nitrogen and oxygen atoms in total. The first-order chi connectivity index (χ1) is 9.38. The summed E-state index contributed by atoms with van der Waals surface area (Å²) in [5.41, 5.74) is 1.98. The first-order valence-electron chi connectivity index (χ1n) is 6.08. The zero-order valence-electron chi connectivity index (χ0n) is 11.5. The average Bonchev–Trinajstić information content (AvgIpc) is 2.71. The smallest absolute Gasteiger partial charge is 0.272 e. The minimum Gasteiger partial charge on any atom is -0.336 e. The lowest BCUT2D eigenvalue weighted by Gasteiger charge is -2.18. The summed E-state index contributed by atoms with van der Waals surface area (Å²) in [6.07, 6.45) is 0. The Balaban J connectivity index is 2.17. The number of rotatable bonds is 3. The standard InChI is InChI=1S/C14H15ClFN3O/c1-9-6-13(19(3)17-9)14(20)18(2)8-10-4-5-11(16)7-12(10)15/h4-7H,8H2,1-3H3. The summed E-state index contributed by atoms with van der Waals surface area (Å²) in [7, 11) is 3.39. The van der Waals surface area contributed by atoms with Gasteiger partial charge in [-0.3, -0.25) is 9.48 Å². The second kappa shape index (κ2) is 5.63. The van der Waals surface area contributed by atoms with Crippen molar-refractivity contribution in [2.45, 2.75) is 13.5 Å². The number of amides is 1. The average molecular weight is 296 g/mol. The fourth-order valence-corrected chi connectivity index (χ4v) is 2.21. The van der Waals surface area contributed by atoms with Crippen LogP contribution in [0.5, 0.6) is 0 Å². The second-order valence-corrected chi connectivity index (χ2v) is 5.10. The number of hydrogen-bond acceptors (Lipinski definition) is 2. The zero-order chi connectivity index (χ0) is 14.9. The molecule has 0 radical (unpaired) electrons. The van der Waals surface area contributed by atoms with Gasteiger partial charge in [0, 0.05) is 25.7 Å². The van der Waals surface area contributed by atoms with Crippen LogP contribution in [0, 0.1) is 12.7 Å². The summed E-state index contributed by atoms with van der Waals surface area (Å²) in [5, 5.41) is 4.46. The number of carbonyl (C=O) groups excluding carboxylic acids is 1. The highest BCUT2D eigenvalue weighted by Crippen LogP contribution is 2.19. The molecule has 20 heavy (non-hydrogen) atoms. The van der Waals surface area contributed by atoms with E-state index < -0.39 is 5.82 Å². The van der Waals surface area contributed by atoms with Gasteiger partial charge in [-0.05, 0) is 30.7 Å². The molecule has 0 unspecified atom stereocenters. The van der Waals surface area contributed by atoms with E-state index in [4.69, 9.17) is 11.6 Å². The molecule has 0 saturated carbocycles. The number of aromatic nitrogens is 2. The molecule has 1 heterocycles. The Bertz CT molecular complexity index is 654. The predicted molar refractivity (Wildman–Crippen MR) is 75.2 cm³/mol. The third-order valence-electron chi connectivity index (χ3n) is 2.99. The van der Waals surface area contributed by atoms with Crippen molar-refractivity contribution in [3.8, 4) is 0 Å². The predicted octanol–water partition coefficient (Wildman–Crippen LogP) is 2.79. The van der Waals surface area contributed by atoms with Crippen LogP contribution in [0.3, 0.4) is 0 Å². The lowest BCUT2D eigenvalue weighted by atomic mass is 10.2. The third-order valence-corrected chi connectivity index (χ3v) is 3.34. The summed E-state index contributed by atoms with van der Waals surface area (Å²) >= 11 is 5.96. The molecule has 0 aliphatic heterocycles. The van der Waals surface area contributed by atoms with E-state index in [1.54, 1.807) is 30.9 Å². The molecular weight excluding hydrogens is 281 g/mol. The van der Waals surface area contributed by atoms with Crippen molar-refractivity contribution in [3.05, 3.63) is 52.1 Å². The van der Waals surface area contributed by atoms with E-state index >= 15 is 0 Å². The van der Waals surface area contributed by atoms with Gasteiger partial charge < -0.3 is 4.90 Å². The topological polar surface area (TPSA) is 38.1 Å². The van der Waals surface area contributed by atoms with E-state index in [0.717, 1.165) is 5.69 Å². The molecule has 0 fully saturated rings. The molecule has 1 aromatic heterocycles. The van der Waals surface area contributed by atoms with Crippen molar-refractivity contribution in [2.24, 2.45) is 7.05 Å². The van der Waals surface area contributed by atoms with Crippen molar-refractivity contribution in [3.63, 3.8) is 0 Å². The molecular formula is C14H15ClFN3O. The zero-order valence-corrected chi connectivity index (χ0v) is 12.3. The van der Waals surface area contributed by atoms with Crippen LogP contribution < -0.4 is 0 Å². The Labute approximate surface area is 121 Å². The minimum absolute atomic E-state index is 0.159. The van der Waals surface area contributed by atoms with Gasteiger partial charge in [0.1, 0.15) is 11.5 Å². The van der Waals surface area contributed by atoms with Crippen LogP contribution in [0.25, 0.3) is 0 Å². The fraction of sp³-hybridized carbons (Fsp3) is 0.286. The van der Waals surface area contributed by atoms with Gasteiger partial charge in [-0.1, -0.05) is 17.7 Å². The van der Waals surface area contributed by atoms with Crippen molar-refractivity contribution in [1.82, 2.24) is 14.7 Å². The first kappa shape index (κ1) is 14.5. The SMILES string of the molecule is Cc1cc(C(=O)N(C)Cc2ccc(F)cc2Cl)n(C)n1. The van der Waals surface area contributed by atoms with Crippen LogP contribution >= 0.6 is 11.6 Å². The van der Waals surface area contributed by atoms with Gasteiger partial charge in [0.05, 0.1) is 5.69 Å². The van der Waals surface area contributed by atoms with Crippen molar-refractivity contribution in [2.75, 3.05) is 7.05 Å². The molecule has 1 amide bonds. The van der Waals surface area contributed by atoms with E-state index in [2.05, 4.69) is 5.10 Å². The maximum Gasteiger partial charge on any atom is 0.272 e. The molecule has 0 aliphatic carbocycles. The number of nitrogens with zero attached hydrogens (tertiary/aromatic N) is 3. The molecule has 0 atom stereocenters. The van der Waals surface area contributed by atoms with Crippen LogP contribution in [-0.2, 0) is 13.6 Å². The summed E-state index contributed by atoms with van der Waals surface area (Å²) < 4.78 is 14.5. The number of aryl methyl sites for hydroxylation is 2. The van der Waals surface area contributed by atoms with Crippen molar-refractivity contribution < 1.29 is 9.18 Å². The van der Waals surface area contributed by atoms with Crippen molar-refractivity contribution in [1.29, 1.82) is 0 Å². The second-order valence-electron chi connectivity index (χ2n) is 4.69. The van der Waals surface area contributed by atoms with Gasteiger partial charge in [-0.15, -0.1) is 0 Å². The Morgan fingerprint density at radius 2 is 2.15 bits per heavy atom. The van der Waals surface area contributed by atoms with E-state index in [0.29, 0.717) is 22.8 Å². The Hall–Kier alpha value is -1.88. The van der Waals surface area contributed by atoms with Gasteiger partial charge >= 0.3 is 0 Å². The van der Waals surface area contributed by atoms with Crippen LogP contribution in [0.2, 0.25) is 5.02 Å². The third kappa shape index (κ3) is 2.99. The van der Waals surface area contributed by atoms with Crippen LogP contribution in [-0.4, -0.2) is 27.6 Å². The lowest BCUT2D eigenvalue weighted by Crippen LogP contribution is -2.28. The van der Waals surface area contributed by atoms with Crippen LogP contribution in [0.1, 0.15) is 21.7 Å². The van der Waals surface area contributed by atoms with Gasteiger partial charge in [0.2, 0.25) is 0 Å². The van der Waals surface area contributed by atoms with Gasteiger partial charge in [-0.25, -0.2) is 4.39 Å². The minimum atomic E-state index is -0.394. The molecule has 0 N–H and O–H groups in total. The summed E-state index contributed by atoms with van der Waals surface area (Å²) in [4.78, 5) is 13.8. The summed E-state index contributed by atoms with van der Waals surface area (Å²) in [6, 6.07) is 5.87. The van der Waals surface area contributed by atoms with E-state index in [1.807, 2.05) is 6.92 Å². The summed E-state index contributed by atoms with van der Waals surface area (Å²) in [5.74, 6) is -0.552. The monoisotopic (exact) mass is 295 g/mol. The number of benzene rings is 1. The normalized spacial score (nSPS) is 10.7. The molecule has 2 rings (SSSR count). The van der Waals surface area contributed by atoms with E-state index in [-0.39, 0.29) is 5.91 Å². The molecule has 0 aliphatic rings. The van der Waals surface area contributed by atoms with Crippen LogP contribution in [0.15, 0.2) is 24.3 Å². The van der Waals surface area contributed by atoms with Crippen LogP contribution in [0.4, 0.5) is 4.39 Å². The Kier molecular flexibility index (Phi) is 4.09. The molecule has 1 aromatic carbocycles. The number of halogens is 2. The Morgan fingerprint density at radius 1 is 1.45 bits per heavy atom.